The lowest BCUT2D eigenvalue weighted by Gasteiger charge is -2.30. The minimum Gasteiger partial charge on any atom is -0.287 e. The molecule has 0 N–H and O–H groups in total. The van der Waals surface area contributed by atoms with Gasteiger partial charge in [-0.3, -0.25) is 14.5 Å². The van der Waals surface area contributed by atoms with Crippen LogP contribution in [0.5, 0.6) is 0 Å². The van der Waals surface area contributed by atoms with E-state index in [9.17, 15) is 9.59 Å². The van der Waals surface area contributed by atoms with Gasteiger partial charge in [0.1, 0.15) is 0 Å². The maximum Gasteiger partial charge on any atom is 0.251 e. The van der Waals surface area contributed by atoms with Crippen molar-refractivity contribution in [3.05, 3.63) is 71.3 Å². The van der Waals surface area contributed by atoms with E-state index in [1.165, 1.54) is 16.0 Å². The molecule has 0 radical (unpaired) electrons. The third-order valence-electron chi connectivity index (χ3n) is 5.03. The highest BCUT2D eigenvalue weighted by atomic mass is 35.5. The summed E-state index contributed by atoms with van der Waals surface area (Å²) in [5.74, 6) is -0.297. The maximum absolute atomic E-state index is 12.9. The minimum atomic E-state index is -0.383. The largest absolute Gasteiger partial charge is 0.287 e. The Labute approximate surface area is 157 Å². The van der Waals surface area contributed by atoms with Gasteiger partial charge in [-0.05, 0) is 41.8 Å². The van der Waals surface area contributed by atoms with Gasteiger partial charge in [-0.2, -0.15) is 0 Å². The van der Waals surface area contributed by atoms with E-state index in [2.05, 4.69) is 23.1 Å². The quantitative estimate of drug-likeness (QED) is 0.776. The number of carbonyl (C=O) groups is 2. The summed E-state index contributed by atoms with van der Waals surface area (Å²) in [5, 5.41) is 0.582. The van der Waals surface area contributed by atoms with Crippen molar-refractivity contribution in [1.82, 2.24) is 4.90 Å². The Balaban J connectivity index is 1.49. The van der Waals surface area contributed by atoms with Crippen LogP contribution in [0.3, 0.4) is 0 Å². The fourth-order valence-electron chi connectivity index (χ4n) is 3.64. The lowest BCUT2D eigenvalue weighted by Crippen LogP contribution is -2.44. The molecule has 26 heavy (non-hydrogen) atoms. The van der Waals surface area contributed by atoms with E-state index in [4.69, 9.17) is 11.6 Å². The summed E-state index contributed by atoms with van der Waals surface area (Å²) in [6.45, 7) is 1.46. The number of carbonyl (C=O) groups excluding carboxylic acids is 2. The van der Waals surface area contributed by atoms with Crippen LogP contribution < -0.4 is 4.90 Å². The van der Waals surface area contributed by atoms with Crippen molar-refractivity contribution in [3.8, 4) is 0 Å². The highest BCUT2D eigenvalue weighted by molar-refractivity contribution is 6.30. The van der Waals surface area contributed by atoms with Crippen molar-refractivity contribution < 1.29 is 9.59 Å². The summed E-state index contributed by atoms with van der Waals surface area (Å²) in [5.41, 5.74) is 3.11. The minimum absolute atomic E-state index is 0.145. The Morgan fingerprint density at radius 3 is 2.35 bits per heavy atom. The summed E-state index contributed by atoms with van der Waals surface area (Å²) >= 11 is 5.90. The van der Waals surface area contributed by atoms with Crippen LogP contribution in [0.2, 0.25) is 5.02 Å². The average Bonchev–Trinajstić information content (AvgIpc) is 2.98. The van der Waals surface area contributed by atoms with E-state index >= 15 is 0 Å². The van der Waals surface area contributed by atoms with Gasteiger partial charge < -0.3 is 0 Å². The maximum atomic E-state index is 12.9. The molecule has 2 aliphatic heterocycles. The number of rotatable bonds is 3. The standard InChI is InChI=1S/C21H19ClN2O2/c22-17-6-8-18(9-7-17)24-20(25)14-19(21(24)26)23-12-10-16(11-13-23)15-4-2-1-3-5-15/h1-10,19H,11-14H2. The predicted octanol–water partition coefficient (Wildman–Crippen LogP) is 3.76. The Hall–Kier alpha value is -2.43. The van der Waals surface area contributed by atoms with Crippen molar-refractivity contribution >= 4 is 34.7 Å². The number of benzene rings is 2. The van der Waals surface area contributed by atoms with E-state index in [1.807, 2.05) is 18.2 Å². The molecule has 2 aromatic carbocycles. The smallest absolute Gasteiger partial charge is 0.251 e. The fraction of sp³-hybridized carbons (Fsp3) is 0.238. The molecule has 4 rings (SSSR count). The molecule has 0 aliphatic carbocycles. The van der Waals surface area contributed by atoms with Gasteiger partial charge in [-0.25, -0.2) is 4.90 Å². The van der Waals surface area contributed by atoms with Gasteiger partial charge in [0.2, 0.25) is 5.91 Å². The molecule has 2 amide bonds. The van der Waals surface area contributed by atoms with Gasteiger partial charge in [-0.15, -0.1) is 0 Å². The summed E-state index contributed by atoms with van der Waals surface area (Å²) in [4.78, 5) is 28.7. The molecule has 4 nitrogen and oxygen atoms in total. The van der Waals surface area contributed by atoms with E-state index in [0.717, 1.165) is 13.0 Å². The number of nitrogens with zero attached hydrogens (tertiary/aromatic N) is 2. The molecule has 2 aliphatic rings. The molecule has 0 spiro atoms. The van der Waals surface area contributed by atoms with Gasteiger partial charge >= 0.3 is 0 Å². The Kier molecular flexibility index (Phi) is 4.62. The Morgan fingerprint density at radius 2 is 1.69 bits per heavy atom. The SMILES string of the molecule is O=C1CC(N2CC=C(c3ccccc3)CC2)C(=O)N1c1ccc(Cl)cc1. The molecule has 1 atom stereocenters. The van der Waals surface area contributed by atoms with E-state index < -0.39 is 0 Å². The van der Waals surface area contributed by atoms with Gasteiger partial charge in [0.25, 0.3) is 5.91 Å². The number of halogens is 1. The van der Waals surface area contributed by atoms with Crippen LogP contribution >= 0.6 is 11.6 Å². The number of hydrogen-bond donors (Lipinski definition) is 0. The molecule has 1 saturated heterocycles. The topological polar surface area (TPSA) is 40.6 Å². The number of anilines is 1. The first-order valence-electron chi connectivity index (χ1n) is 8.74. The number of amides is 2. The van der Waals surface area contributed by atoms with Gasteiger partial charge in [0.15, 0.2) is 0 Å². The number of hydrogen-bond acceptors (Lipinski definition) is 3. The first-order valence-corrected chi connectivity index (χ1v) is 9.12. The highest BCUT2D eigenvalue weighted by Gasteiger charge is 2.42. The zero-order chi connectivity index (χ0) is 18.1. The molecule has 0 bridgehead atoms. The van der Waals surface area contributed by atoms with E-state index in [0.29, 0.717) is 17.3 Å². The molecule has 132 valence electrons. The Morgan fingerprint density at radius 1 is 0.962 bits per heavy atom. The second kappa shape index (κ2) is 7.06. The van der Waals surface area contributed by atoms with Crippen LogP contribution in [0, 0.1) is 0 Å². The van der Waals surface area contributed by atoms with Crippen molar-refractivity contribution in [2.45, 2.75) is 18.9 Å². The van der Waals surface area contributed by atoms with Crippen molar-refractivity contribution in [2.24, 2.45) is 0 Å². The van der Waals surface area contributed by atoms with Crippen LogP contribution in [-0.2, 0) is 9.59 Å². The second-order valence-corrected chi connectivity index (χ2v) is 7.04. The van der Waals surface area contributed by atoms with E-state index in [1.54, 1.807) is 24.3 Å². The van der Waals surface area contributed by atoms with Gasteiger partial charge in [0, 0.05) is 18.1 Å². The van der Waals surface area contributed by atoms with Crippen LogP contribution in [-0.4, -0.2) is 35.8 Å². The van der Waals surface area contributed by atoms with Crippen molar-refractivity contribution in [1.29, 1.82) is 0 Å². The first kappa shape index (κ1) is 17.0. The lowest BCUT2D eigenvalue weighted by molar-refractivity contribution is -0.122. The summed E-state index contributed by atoms with van der Waals surface area (Å²) in [6.07, 6.45) is 3.28. The molecule has 1 unspecified atom stereocenters. The molecular weight excluding hydrogens is 348 g/mol. The van der Waals surface area contributed by atoms with Gasteiger partial charge in [-0.1, -0.05) is 48.0 Å². The molecule has 2 heterocycles. The van der Waals surface area contributed by atoms with Crippen LogP contribution in [0.15, 0.2) is 60.7 Å². The Bertz CT molecular complexity index is 861. The molecule has 5 heteroatoms. The normalized spacial score (nSPS) is 21.2. The van der Waals surface area contributed by atoms with Crippen LogP contribution in [0.4, 0.5) is 5.69 Å². The summed E-state index contributed by atoms with van der Waals surface area (Å²) in [6, 6.07) is 16.7. The third kappa shape index (κ3) is 3.18. The van der Waals surface area contributed by atoms with Crippen LogP contribution in [0.25, 0.3) is 5.57 Å². The van der Waals surface area contributed by atoms with Crippen LogP contribution in [0.1, 0.15) is 18.4 Å². The van der Waals surface area contributed by atoms with Crippen molar-refractivity contribution in [2.75, 3.05) is 18.0 Å². The number of imide groups is 1. The summed E-state index contributed by atoms with van der Waals surface area (Å²) in [7, 11) is 0. The molecule has 0 aromatic heterocycles. The van der Waals surface area contributed by atoms with Crippen molar-refractivity contribution in [3.63, 3.8) is 0 Å². The first-order chi connectivity index (χ1) is 12.6. The summed E-state index contributed by atoms with van der Waals surface area (Å²) < 4.78 is 0. The third-order valence-corrected chi connectivity index (χ3v) is 5.29. The zero-order valence-electron chi connectivity index (χ0n) is 14.3. The zero-order valence-corrected chi connectivity index (χ0v) is 15.0. The monoisotopic (exact) mass is 366 g/mol. The molecule has 1 fully saturated rings. The highest BCUT2D eigenvalue weighted by Crippen LogP contribution is 2.29. The molecular formula is C21H19ClN2O2. The van der Waals surface area contributed by atoms with E-state index in [-0.39, 0.29) is 24.3 Å². The molecule has 2 aromatic rings. The predicted molar refractivity (Wildman–Crippen MR) is 103 cm³/mol. The second-order valence-electron chi connectivity index (χ2n) is 6.60. The molecule has 0 saturated carbocycles. The lowest BCUT2D eigenvalue weighted by atomic mass is 9.98. The average molecular weight is 367 g/mol. The van der Waals surface area contributed by atoms with Gasteiger partial charge in [0.05, 0.1) is 18.2 Å². The fourth-order valence-corrected chi connectivity index (χ4v) is 3.77.